The number of thiophene rings is 1. The number of carbonyl (C=O) groups is 3. The number of nitrogens with one attached hydrogen (secondary N) is 2. The van der Waals surface area contributed by atoms with Crippen molar-refractivity contribution < 1.29 is 27.5 Å². The third kappa shape index (κ3) is 6.35. The predicted octanol–water partition coefficient (Wildman–Crippen LogP) is 2.30. The molecule has 0 fully saturated rings. The Kier molecular flexibility index (Phi) is 9.55. The van der Waals surface area contributed by atoms with Gasteiger partial charge in [0.05, 0.1) is 29.2 Å². The van der Waals surface area contributed by atoms with Crippen molar-refractivity contribution in [2.45, 2.75) is 31.7 Å². The van der Waals surface area contributed by atoms with Crippen molar-refractivity contribution in [1.82, 2.24) is 14.5 Å². The van der Waals surface area contributed by atoms with Crippen molar-refractivity contribution >= 4 is 44.3 Å². The van der Waals surface area contributed by atoms with Crippen molar-refractivity contribution in [2.24, 2.45) is 0 Å². The molecule has 0 radical (unpaired) electrons. The monoisotopic (exact) mass is 558 g/mol. The largest absolute Gasteiger partial charge is 0.450 e. The summed E-state index contributed by atoms with van der Waals surface area (Å²) in [5.41, 5.74) is 1.08. The molecule has 1 aromatic carbocycles. The number of imide groups is 1. The molecule has 12 nitrogen and oxygen atoms in total. The molecule has 14 heteroatoms. The number of alkyl carbamates (subject to hydrolysis) is 1. The highest BCUT2D eigenvalue weighted by Crippen LogP contribution is 2.37. The van der Waals surface area contributed by atoms with Crippen LogP contribution in [0.5, 0.6) is 0 Å². The van der Waals surface area contributed by atoms with Gasteiger partial charge in [0.25, 0.3) is 11.8 Å². The van der Waals surface area contributed by atoms with Crippen LogP contribution in [-0.2, 0) is 27.7 Å². The zero-order chi connectivity index (χ0) is 27.9. The predicted molar refractivity (Wildman–Crippen MR) is 138 cm³/mol. The average Bonchev–Trinajstić information content (AvgIpc) is 3.25. The highest BCUT2D eigenvalue weighted by molar-refractivity contribution is 7.89. The van der Waals surface area contributed by atoms with E-state index in [0.717, 1.165) is 27.8 Å². The number of hydrogen-bond donors (Lipinski definition) is 2. The number of benzene rings is 1. The maximum absolute atomic E-state index is 13.1. The molecule has 0 spiro atoms. The fraction of sp³-hybridized carbons (Fsp3) is 0.375. The Labute approximate surface area is 224 Å². The summed E-state index contributed by atoms with van der Waals surface area (Å²) >= 11 is 1.24. The summed E-state index contributed by atoms with van der Waals surface area (Å²) in [6.07, 6.45) is -0.324. The highest BCUT2D eigenvalue weighted by atomic mass is 32.2. The van der Waals surface area contributed by atoms with E-state index in [9.17, 15) is 22.8 Å². The van der Waals surface area contributed by atoms with Crippen molar-refractivity contribution in [3.05, 3.63) is 45.8 Å². The minimum Gasteiger partial charge on any atom is -0.450 e. The van der Waals surface area contributed by atoms with Crippen molar-refractivity contribution in [1.29, 1.82) is 10.5 Å². The number of amides is 3. The number of likely N-dealkylation sites (N-methyl/N-ethyl adjacent to an activating group) is 1. The zero-order valence-corrected chi connectivity index (χ0v) is 22.4. The minimum absolute atomic E-state index is 0.0897. The van der Waals surface area contributed by atoms with E-state index in [1.54, 1.807) is 19.1 Å². The van der Waals surface area contributed by atoms with E-state index in [-0.39, 0.29) is 27.6 Å². The summed E-state index contributed by atoms with van der Waals surface area (Å²) in [4.78, 5) is 40.8. The molecule has 1 aliphatic rings. The zero-order valence-electron chi connectivity index (χ0n) is 20.8. The summed E-state index contributed by atoms with van der Waals surface area (Å²) in [7, 11) is -4.11. The minimum atomic E-state index is -4.11. The maximum atomic E-state index is 13.1. The molecule has 2 heterocycles. The Morgan fingerprint density at radius 2 is 1.76 bits per heavy atom. The molecule has 0 atom stereocenters. The van der Waals surface area contributed by atoms with Crippen LogP contribution in [0.3, 0.4) is 0 Å². The van der Waals surface area contributed by atoms with E-state index < -0.39 is 41.0 Å². The first kappa shape index (κ1) is 28.7. The van der Waals surface area contributed by atoms with E-state index in [1.807, 2.05) is 6.92 Å². The van der Waals surface area contributed by atoms with Gasteiger partial charge in [0.15, 0.2) is 0 Å². The second kappa shape index (κ2) is 12.6. The quantitative estimate of drug-likeness (QED) is 0.438. The van der Waals surface area contributed by atoms with Gasteiger partial charge < -0.3 is 10.1 Å². The lowest BCUT2D eigenvalue weighted by Crippen LogP contribution is -2.34. The van der Waals surface area contributed by atoms with Gasteiger partial charge in [-0.05, 0) is 49.7 Å². The van der Waals surface area contributed by atoms with E-state index in [4.69, 9.17) is 15.3 Å². The van der Waals surface area contributed by atoms with Crippen LogP contribution in [0.4, 0.5) is 9.80 Å². The molecule has 38 heavy (non-hydrogen) atoms. The first-order chi connectivity index (χ1) is 18.2. The SMILES string of the molecule is CCOC(=O)NC(=O)c1c(NC(=O)c2ccc(S(=O)(=O)N(CC#N)CC#N)cc2)sc2c1CCN(CC)C2. The van der Waals surface area contributed by atoms with Gasteiger partial charge in [0.2, 0.25) is 10.0 Å². The van der Waals surface area contributed by atoms with Gasteiger partial charge in [-0.2, -0.15) is 14.8 Å². The summed E-state index contributed by atoms with van der Waals surface area (Å²) in [6, 6.07) is 8.43. The van der Waals surface area contributed by atoms with Crippen molar-refractivity contribution in [3.63, 3.8) is 0 Å². The molecular formula is C24H26N6O6S2. The number of ether oxygens (including phenoxy) is 1. The molecule has 0 saturated heterocycles. The van der Waals surface area contributed by atoms with E-state index in [1.165, 1.54) is 35.6 Å². The number of rotatable bonds is 9. The topological polar surface area (TPSA) is 173 Å². The number of sulfonamides is 1. The molecule has 3 amide bonds. The fourth-order valence-corrected chi connectivity index (χ4v) is 6.38. The molecule has 0 unspecified atom stereocenters. The van der Waals surface area contributed by atoms with Gasteiger partial charge in [0.1, 0.15) is 18.1 Å². The lowest BCUT2D eigenvalue weighted by Gasteiger charge is -2.25. The normalized spacial score (nSPS) is 13.2. The van der Waals surface area contributed by atoms with Crippen molar-refractivity contribution in [2.75, 3.05) is 38.1 Å². The molecule has 2 aromatic rings. The Hall–Kier alpha value is -3.82. The fourth-order valence-electron chi connectivity index (χ4n) is 3.86. The smallest absolute Gasteiger partial charge is 0.414 e. The number of carbonyl (C=O) groups excluding carboxylic acids is 3. The third-order valence-electron chi connectivity index (χ3n) is 5.78. The van der Waals surface area contributed by atoms with E-state index >= 15 is 0 Å². The van der Waals surface area contributed by atoms with E-state index in [2.05, 4.69) is 15.5 Å². The molecule has 0 saturated carbocycles. The van der Waals surface area contributed by atoms with Gasteiger partial charge in [-0.1, -0.05) is 6.92 Å². The van der Waals surface area contributed by atoms with Gasteiger partial charge in [-0.15, -0.1) is 11.3 Å². The third-order valence-corrected chi connectivity index (χ3v) is 8.71. The summed E-state index contributed by atoms with van der Waals surface area (Å²) < 4.78 is 31.0. The number of hydrogen-bond acceptors (Lipinski definition) is 10. The molecule has 0 bridgehead atoms. The van der Waals surface area contributed by atoms with Crippen LogP contribution < -0.4 is 10.6 Å². The standard InChI is InChI=1S/C24H26N6O6S2/c1-3-29-12-9-18-19(15-29)37-23(20(18)22(32)28-24(33)36-4-2)27-21(31)16-5-7-17(8-6-16)38(34,35)30(13-10-25)14-11-26/h5-8H,3-4,9,12-15H2,1-2H3,(H,27,31)(H,28,32,33). The maximum Gasteiger partial charge on any atom is 0.414 e. The molecule has 1 aliphatic heterocycles. The Morgan fingerprint density at radius 3 is 2.34 bits per heavy atom. The Bertz CT molecular complexity index is 1390. The highest BCUT2D eigenvalue weighted by Gasteiger charge is 2.30. The molecule has 200 valence electrons. The van der Waals surface area contributed by atoms with Crippen LogP contribution in [0.25, 0.3) is 0 Å². The van der Waals surface area contributed by atoms with Crippen LogP contribution in [0.15, 0.2) is 29.2 Å². The Balaban J connectivity index is 1.88. The number of nitriles is 2. The second-order valence-corrected chi connectivity index (χ2v) is 11.1. The number of fused-ring (bicyclic) bond motifs is 1. The van der Waals surface area contributed by atoms with Gasteiger partial charge in [-0.3, -0.25) is 19.8 Å². The Morgan fingerprint density at radius 1 is 1.11 bits per heavy atom. The summed E-state index contributed by atoms with van der Waals surface area (Å²) in [5.74, 6) is -1.27. The van der Waals surface area contributed by atoms with Crippen LogP contribution in [0.1, 0.15) is 45.0 Å². The first-order valence-corrected chi connectivity index (χ1v) is 13.9. The molecular weight excluding hydrogens is 532 g/mol. The molecule has 0 aliphatic carbocycles. The molecule has 1 aromatic heterocycles. The van der Waals surface area contributed by atoms with E-state index in [0.29, 0.717) is 13.0 Å². The molecule has 2 N–H and O–H groups in total. The average molecular weight is 559 g/mol. The van der Waals surface area contributed by atoms with Crippen molar-refractivity contribution in [3.8, 4) is 12.1 Å². The number of nitrogens with zero attached hydrogens (tertiary/aromatic N) is 4. The van der Waals surface area contributed by atoms with Crippen LogP contribution in [0.2, 0.25) is 0 Å². The first-order valence-electron chi connectivity index (χ1n) is 11.7. The van der Waals surface area contributed by atoms with Crippen LogP contribution in [0, 0.1) is 22.7 Å². The number of anilines is 1. The summed E-state index contributed by atoms with van der Waals surface area (Å²) in [5, 5.41) is 23.0. The molecule has 3 rings (SSSR count). The lowest BCUT2D eigenvalue weighted by atomic mass is 10.0. The lowest BCUT2D eigenvalue weighted by molar-refractivity contribution is 0.0924. The van der Waals surface area contributed by atoms with Gasteiger partial charge in [0, 0.05) is 23.5 Å². The van der Waals surface area contributed by atoms with Crippen LogP contribution >= 0.6 is 11.3 Å². The van der Waals surface area contributed by atoms with Gasteiger partial charge >= 0.3 is 6.09 Å². The second-order valence-electron chi connectivity index (χ2n) is 8.07. The summed E-state index contributed by atoms with van der Waals surface area (Å²) in [6.45, 7) is 4.88. The van der Waals surface area contributed by atoms with Gasteiger partial charge in [-0.25, -0.2) is 13.2 Å². The van der Waals surface area contributed by atoms with Crippen LogP contribution in [-0.4, -0.2) is 68.3 Å².